The lowest BCUT2D eigenvalue weighted by Gasteiger charge is -2.15. The van der Waals surface area contributed by atoms with Crippen LogP contribution in [0.15, 0.2) is 39.7 Å². The minimum absolute atomic E-state index is 0.0517. The highest BCUT2D eigenvalue weighted by Gasteiger charge is 2.41. The van der Waals surface area contributed by atoms with Gasteiger partial charge in [-0.1, -0.05) is 13.2 Å². The summed E-state index contributed by atoms with van der Waals surface area (Å²) in [6.45, 7) is 7.47. The van der Waals surface area contributed by atoms with Crippen LogP contribution in [0.25, 0.3) is 0 Å². The molecule has 0 aliphatic carbocycles. The predicted octanol–water partition coefficient (Wildman–Crippen LogP) is -1.58. The van der Waals surface area contributed by atoms with E-state index in [2.05, 4.69) is 13.2 Å². The van der Waals surface area contributed by atoms with E-state index in [9.17, 15) is 24.0 Å². The second-order valence-corrected chi connectivity index (χ2v) is 6.22. The van der Waals surface area contributed by atoms with Gasteiger partial charge in [-0.2, -0.15) is 0 Å². The van der Waals surface area contributed by atoms with E-state index in [1.807, 2.05) is 0 Å². The summed E-state index contributed by atoms with van der Waals surface area (Å²) in [5.74, 6) is -1.42. The highest BCUT2D eigenvalue weighted by atomic mass is 16.6. The Labute approximate surface area is 159 Å². The van der Waals surface area contributed by atoms with Crippen molar-refractivity contribution in [2.75, 3.05) is 19.8 Å². The van der Waals surface area contributed by atoms with Gasteiger partial charge in [0.15, 0.2) is 0 Å². The third-order valence-corrected chi connectivity index (χ3v) is 3.97. The van der Waals surface area contributed by atoms with E-state index in [4.69, 9.17) is 14.2 Å². The zero-order valence-corrected chi connectivity index (χ0v) is 15.4. The van der Waals surface area contributed by atoms with Crippen LogP contribution < -0.4 is 17.1 Å². The molecule has 1 aromatic heterocycles. The smallest absolute Gasteiger partial charge is 0.336 e. The van der Waals surface area contributed by atoms with Crippen molar-refractivity contribution >= 4 is 11.9 Å². The Bertz CT molecular complexity index is 900. The summed E-state index contributed by atoms with van der Waals surface area (Å²) in [6, 6.07) is 0. The number of epoxide rings is 1. The van der Waals surface area contributed by atoms with Crippen LogP contribution >= 0.6 is 0 Å². The minimum Gasteiger partial charge on any atom is -0.461 e. The van der Waals surface area contributed by atoms with Crippen LogP contribution in [-0.2, 0) is 43.4 Å². The molecular formula is C17H21N3O8. The van der Waals surface area contributed by atoms with Gasteiger partial charge in [0, 0.05) is 12.2 Å². The van der Waals surface area contributed by atoms with Gasteiger partial charge in [-0.05, 0) is 6.92 Å². The van der Waals surface area contributed by atoms with Crippen LogP contribution in [0.3, 0.4) is 0 Å². The van der Waals surface area contributed by atoms with Crippen LogP contribution in [0.1, 0.15) is 6.92 Å². The van der Waals surface area contributed by atoms with Gasteiger partial charge < -0.3 is 14.2 Å². The molecule has 1 unspecified atom stereocenters. The standard InChI is InChI=1S/C17H21N3O8/c1-4-12(21)26-8-6-18-14(23)19(7-9-27-13(22)5-2)16(25)20(15(18)24)10-17(3)11-28-17/h4-5H,1-2,6-11H2,3H3. The maximum atomic E-state index is 12.6. The van der Waals surface area contributed by atoms with Crippen molar-refractivity contribution in [1.29, 1.82) is 0 Å². The van der Waals surface area contributed by atoms with Crippen LogP contribution in [0.5, 0.6) is 0 Å². The molecule has 1 aromatic rings. The zero-order valence-electron chi connectivity index (χ0n) is 15.4. The van der Waals surface area contributed by atoms with Gasteiger partial charge in [-0.15, -0.1) is 0 Å². The summed E-state index contributed by atoms with van der Waals surface area (Å²) in [7, 11) is 0. The molecule has 0 saturated carbocycles. The Morgan fingerprint density at radius 1 is 0.964 bits per heavy atom. The second-order valence-electron chi connectivity index (χ2n) is 6.22. The number of ether oxygens (including phenoxy) is 3. The van der Waals surface area contributed by atoms with Crippen LogP contribution in [0, 0.1) is 0 Å². The van der Waals surface area contributed by atoms with Crippen molar-refractivity contribution in [3.8, 4) is 0 Å². The molecule has 1 aliphatic heterocycles. The third kappa shape index (κ3) is 4.94. The van der Waals surface area contributed by atoms with E-state index >= 15 is 0 Å². The molecule has 1 atom stereocenters. The highest BCUT2D eigenvalue weighted by molar-refractivity contribution is 5.81. The molecule has 11 heteroatoms. The van der Waals surface area contributed by atoms with Gasteiger partial charge in [0.1, 0.15) is 18.8 Å². The largest absolute Gasteiger partial charge is 0.461 e. The van der Waals surface area contributed by atoms with Gasteiger partial charge in [0.25, 0.3) is 0 Å². The molecule has 11 nitrogen and oxygen atoms in total. The first kappa shape index (κ1) is 21.1. The molecule has 0 aromatic carbocycles. The van der Waals surface area contributed by atoms with Crippen molar-refractivity contribution in [3.63, 3.8) is 0 Å². The number of rotatable bonds is 10. The highest BCUT2D eigenvalue weighted by Crippen LogP contribution is 2.26. The topological polar surface area (TPSA) is 131 Å². The fraction of sp³-hybridized carbons (Fsp3) is 0.471. The van der Waals surface area contributed by atoms with Gasteiger partial charge in [-0.25, -0.2) is 37.7 Å². The van der Waals surface area contributed by atoms with Crippen molar-refractivity contribution in [2.24, 2.45) is 0 Å². The Morgan fingerprint density at radius 3 is 1.71 bits per heavy atom. The molecule has 1 saturated heterocycles. The maximum absolute atomic E-state index is 12.6. The number of carbonyl (C=O) groups is 2. The molecule has 0 N–H and O–H groups in total. The van der Waals surface area contributed by atoms with Crippen molar-refractivity contribution < 1.29 is 23.8 Å². The lowest BCUT2D eigenvalue weighted by molar-refractivity contribution is -0.138. The minimum atomic E-state index is -0.905. The van der Waals surface area contributed by atoms with Gasteiger partial charge in [0.05, 0.1) is 26.2 Å². The molecule has 2 rings (SSSR count). The molecule has 1 fully saturated rings. The zero-order chi connectivity index (χ0) is 20.9. The van der Waals surface area contributed by atoms with E-state index in [1.54, 1.807) is 6.92 Å². The molecule has 0 spiro atoms. The number of hydrogen-bond acceptors (Lipinski definition) is 8. The third-order valence-electron chi connectivity index (χ3n) is 3.97. The Morgan fingerprint density at radius 2 is 1.36 bits per heavy atom. The SMILES string of the molecule is C=CC(=O)OCCn1c(=O)n(CCOC(=O)C=C)c(=O)n(CC2(C)CO2)c1=O. The van der Waals surface area contributed by atoms with E-state index in [0.29, 0.717) is 6.61 Å². The summed E-state index contributed by atoms with van der Waals surface area (Å²) in [4.78, 5) is 60.2. The predicted molar refractivity (Wildman–Crippen MR) is 95.9 cm³/mol. The summed E-state index contributed by atoms with van der Waals surface area (Å²) < 4.78 is 17.2. The first-order valence-electron chi connectivity index (χ1n) is 8.39. The fourth-order valence-electron chi connectivity index (χ4n) is 2.34. The average Bonchev–Trinajstić information content (AvgIpc) is 3.41. The monoisotopic (exact) mass is 395 g/mol. The Kier molecular flexibility index (Phi) is 6.52. The van der Waals surface area contributed by atoms with Crippen molar-refractivity contribution in [3.05, 3.63) is 56.8 Å². The first-order chi connectivity index (χ1) is 13.2. The van der Waals surface area contributed by atoms with E-state index in [0.717, 1.165) is 25.9 Å². The van der Waals surface area contributed by atoms with Crippen LogP contribution in [0.4, 0.5) is 0 Å². The summed E-state index contributed by atoms with van der Waals surface area (Å²) >= 11 is 0. The van der Waals surface area contributed by atoms with Gasteiger partial charge in [-0.3, -0.25) is 0 Å². The Balaban J connectivity index is 2.37. The van der Waals surface area contributed by atoms with Crippen LogP contribution in [0.2, 0.25) is 0 Å². The summed E-state index contributed by atoms with van der Waals surface area (Å²) in [6.07, 6.45) is 1.89. The first-order valence-corrected chi connectivity index (χ1v) is 8.39. The number of esters is 2. The second kappa shape index (κ2) is 8.65. The molecule has 0 bridgehead atoms. The molecule has 28 heavy (non-hydrogen) atoms. The Hall–Kier alpha value is -3.21. The van der Waals surface area contributed by atoms with E-state index in [-0.39, 0.29) is 32.8 Å². The molecule has 0 radical (unpaired) electrons. The molecule has 152 valence electrons. The maximum Gasteiger partial charge on any atom is 0.336 e. The number of nitrogens with zero attached hydrogens (tertiary/aromatic N) is 3. The number of aromatic nitrogens is 3. The summed E-state index contributed by atoms with van der Waals surface area (Å²) in [5, 5.41) is 0. The molecule has 2 heterocycles. The van der Waals surface area contributed by atoms with E-state index < -0.39 is 34.6 Å². The number of hydrogen-bond donors (Lipinski definition) is 0. The molecule has 1 aliphatic rings. The number of carbonyl (C=O) groups excluding carboxylic acids is 2. The van der Waals surface area contributed by atoms with Crippen molar-refractivity contribution in [1.82, 2.24) is 13.7 Å². The van der Waals surface area contributed by atoms with Crippen LogP contribution in [-0.4, -0.2) is 51.1 Å². The van der Waals surface area contributed by atoms with Gasteiger partial charge >= 0.3 is 29.0 Å². The van der Waals surface area contributed by atoms with E-state index in [1.165, 1.54) is 0 Å². The fourth-order valence-corrected chi connectivity index (χ4v) is 2.34. The molecule has 0 amide bonds. The van der Waals surface area contributed by atoms with Gasteiger partial charge in [0.2, 0.25) is 0 Å². The lowest BCUT2D eigenvalue weighted by atomic mass is 10.2. The summed E-state index contributed by atoms with van der Waals surface area (Å²) in [5.41, 5.74) is -3.27. The molecular weight excluding hydrogens is 374 g/mol. The van der Waals surface area contributed by atoms with Crippen molar-refractivity contribution in [2.45, 2.75) is 32.2 Å². The normalized spacial score (nSPS) is 17.6. The average molecular weight is 395 g/mol. The quantitative estimate of drug-likeness (QED) is 0.263. The lowest BCUT2D eigenvalue weighted by Crippen LogP contribution is -2.56.